The van der Waals surface area contributed by atoms with Gasteiger partial charge in [-0.15, -0.1) is 3.71 Å². The van der Waals surface area contributed by atoms with Crippen LogP contribution in [0.3, 0.4) is 0 Å². The van der Waals surface area contributed by atoms with Crippen molar-refractivity contribution in [3.05, 3.63) is 11.5 Å². The maximum atomic E-state index is 14.2. The van der Waals surface area contributed by atoms with Crippen molar-refractivity contribution in [1.82, 2.24) is 8.72 Å². The van der Waals surface area contributed by atoms with E-state index in [0.29, 0.717) is 6.42 Å². The van der Waals surface area contributed by atoms with Crippen LogP contribution in [0.2, 0.25) is 0 Å². The monoisotopic (exact) mass is 586 g/mol. The van der Waals surface area contributed by atoms with E-state index in [0.717, 1.165) is 11.9 Å². The summed E-state index contributed by atoms with van der Waals surface area (Å²) >= 11 is 0. The van der Waals surface area contributed by atoms with E-state index in [2.05, 4.69) is 0 Å². The van der Waals surface area contributed by atoms with Crippen molar-refractivity contribution in [2.45, 2.75) is 50.2 Å². The van der Waals surface area contributed by atoms with Gasteiger partial charge in [0.25, 0.3) is 0 Å². The van der Waals surface area contributed by atoms with E-state index >= 15 is 0 Å². The van der Waals surface area contributed by atoms with Gasteiger partial charge in [-0.25, -0.2) is 0 Å². The minimum atomic E-state index is -7.81. The molecule has 208 valence electrons. The predicted octanol–water partition coefficient (Wildman–Crippen LogP) is 3.92. The minimum absolute atomic E-state index is 0.0194. The zero-order valence-corrected chi connectivity index (χ0v) is 19.3. The van der Waals surface area contributed by atoms with Crippen molar-refractivity contribution in [3.63, 3.8) is 0 Å². The summed E-state index contributed by atoms with van der Waals surface area (Å²) in [4.78, 5) is 8.87. The van der Waals surface area contributed by atoms with Crippen molar-refractivity contribution in [3.8, 4) is 0 Å². The standard InChI is InChI=1S/C9H16F3N2.C4F9NO5S2/c1-5-6-14(12)9(3,11)8(10)7(2)13(14)4;5-2(6,7)1(15)14(20(16,17)3(8,9)10)21(18,19)4(11,12)13/h5-6H2,1-4H3;/q+1;. The number of allylic oxidation sites excluding steroid dienone is 1. The Bertz CT molecular complexity index is 1020. The number of nitrogens with zero attached hydrogens (tertiary/aromatic N) is 3. The molecule has 2 unspecified atom stereocenters. The second-order valence-corrected chi connectivity index (χ2v) is 10.5. The van der Waals surface area contributed by atoms with Crippen LogP contribution in [0, 0.1) is 0 Å². The Morgan fingerprint density at radius 2 is 1.31 bits per heavy atom. The summed E-state index contributed by atoms with van der Waals surface area (Å²) in [5, 5.41) is 0.999. The number of halogens is 12. The van der Waals surface area contributed by atoms with E-state index in [1.807, 2.05) is 0 Å². The molecule has 8 nitrogen and oxygen atoms in total. The molecule has 22 heteroatoms. The molecule has 0 aliphatic carbocycles. The third kappa shape index (κ3) is 5.73. The van der Waals surface area contributed by atoms with Crippen LogP contribution in [-0.2, 0) is 24.8 Å². The zero-order chi connectivity index (χ0) is 28.8. The van der Waals surface area contributed by atoms with Gasteiger partial charge in [-0.1, -0.05) is 6.92 Å². The predicted molar refractivity (Wildman–Crippen MR) is 90.5 cm³/mol. The van der Waals surface area contributed by atoms with E-state index in [1.54, 1.807) is 6.92 Å². The summed E-state index contributed by atoms with van der Waals surface area (Å²) in [5.41, 5.74) is -13.8. The first kappa shape index (κ1) is 33.0. The van der Waals surface area contributed by atoms with Gasteiger partial charge in [0.15, 0.2) is 0 Å². The fourth-order valence-corrected chi connectivity index (χ4v) is 5.00. The molecule has 0 spiro atoms. The smallest absolute Gasteiger partial charge is 0.262 e. The number of rotatable bonds is 4. The van der Waals surface area contributed by atoms with Crippen molar-refractivity contribution >= 4 is 26.0 Å². The first-order chi connectivity index (χ1) is 15.1. The lowest BCUT2D eigenvalue weighted by Crippen LogP contribution is -2.58. The lowest BCUT2D eigenvalue weighted by Gasteiger charge is -2.34. The second kappa shape index (κ2) is 9.48. The van der Waals surface area contributed by atoms with Gasteiger partial charge >= 0.3 is 48.9 Å². The molecule has 1 aliphatic heterocycles. The molecule has 0 radical (unpaired) electrons. The summed E-state index contributed by atoms with van der Waals surface area (Å²) in [5.74, 6) is -8.00. The van der Waals surface area contributed by atoms with Gasteiger partial charge in [0.1, 0.15) is 12.2 Å². The van der Waals surface area contributed by atoms with E-state index in [1.165, 1.54) is 14.0 Å². The summed E-state index contributed by atoms with van der Waals surface area (Å²) in [7, 11) is -14.3. The molecule has 0 aromatic carbocycles. The minimum Gasteiger partial charge on any atom is -0.262 e. The Morgan fingerprint density at radius 3 is 1.51 bits per heavy atom. The summed E-state index contributed by atoms with van der Waals surface area (Å²) in [6.45, 7) is 3.97. The number of hydrogen-bond acceptors (Lipinski definition) is 6. The molecule has 1 amide bonds. The highest BCUT2D eigenvalue weighted by molar-refractivity contribution is 8.05. The molecule has 0 saturated heterocycles. The van der Waals surface area contributed by atoms with Gasteiger partial charge in [0, 0.05) is 16.2 Å². The number of carbonyl (C=O) groups excluding carboxylic acids is 1. The third-order valence-corrected chi connectivity index (χ3v) is 7.82. The molecular weight excluding hydrogens is 570 g/mol. The Kier molecular flexibility index (Phi) is 8.95. The molecular formula is C13H16F12N3O5S2+. The Morgan fingerprint density at radius 1 is 0.971 bits per heavy atom. The van der Waals surface area contributed by atoms with E-state index in [9.17, 15) is 74.4 Å². The van der Waals surface area contributed by atoms with Gasteiger partial charge in [-0.2, -0.15) is 70.1 Å². The first-order valence-corrected chi connectivity index (χ1v) is 11.4. The summed E-state index contributed by atoms with van der Waals surface area (Å²) in [6.07, 6.45) is -6.20. The molecule has 0 bridgehead atoms. The number of alkyl halides is 10. The highest BCUT2D eigenvalue weighted by atomic mass is 32.3. The molecule has 0 aromatic heterocycles. The fourth-order valence-electron chi connectivity index (χ4n) is 2.44. The van der Waals surface area contributed by atoms with Crippen LogP contribution in [0.25, 0.3) is 0 Å². The lowest BCUT2D eigenvalue weighted by atomic mass is 10.2. The molecule has 0 aromatic rings. The molecule has 35 heavy (non-hydrogen) atoms. The molecule has 1 rings (SSSR count). The van der Waals surface area contributed by atoms with Crippen molar-refractivity contribution in [2.75, 3.05) is 13.6 Å². The summed E-state index contributed by atoms with van der Waals surface area (Å²) < 4.78 is 188. The second-order valence-electron chi connectivity index (χ2n) is 6.68. The topological polar surface area (TPSA) is 91.8 Å². The first-order valence-electron chi connectivity index (χ1n) is 8.48. The van der Waals surface area contributed by atoms with Crippen molar-refractivity contribution in [1.29, 1.82) is 0 Å². The van der Waals surface area contributed by atoms with Crippen LogP contribution < -0.4 is 0 Å². The SMILES string of the molecule is CCC[N+]1(F)N(C)C(C)=C(F)C1(C)F.O=C(N(S(=O)(=O)C(F)(F)F)S(=O)(=O)C(F)(F)F)C(F)(F)F. The van der Waals surface area contributed by atoms with E-state index < -0.39 is 63.3 Å². The van der Waals surface area contributed by atoms with Crippen LogP contribution in [0.15, 0.2) is 11.5 Å². The number of hydrogen-bond donors (Lipinski definition) is 0. The van der Waals surface area contributed by atoms with Gasteiger partial charge in [-0.3, -0.25) is 4.79 Å². The van der Waals surface area contributed by atoms with E-state index in [-0.39, 0.29) is 12.2 Å². The van der Waals surface area contributed by atoms with Crippen molar-refractivity contribution < 1.29 is 79.2 Å². The van der Waals surface area contributed by atoms with Crippen LogP contribution in [0.1, 0.15) is 27.2 Å². The van der Waals surface area contributed by atoms with Gasteiger partial charge < -0.3 is 0 Å². The van der Waals surface area contributed by atoms with Gasteiger partial charge in [-0.05, 0) is 13.3 Å². The summed E-state index contributed by atoms with van der Waals surface area (Å²) in [6, 6.07) is 0. The zero-order valence-electron chi connectivity index (χ0n) is 17.6. The molecule has 2 atom stereocenters. The molecule has 1 aliphatic rings. The lowest BCUT2D eigenvalue weighted by molar-refractivity contribution is -1.18. The van der Waals surface area contributed by atoms with Crippen molar-refractivity contribution in [2.24, 2.45) is 0 Å². The Hall–Kier alpha value is -1.97. The molecule has 0 fully saturated rings. The average Bonchev–Trinajstić information content (AvgIpc) is 2.73. The maximum absolute atomic E-state index is 14.2. The number of amides is 1. The highest BCUT2D eigenvalue weighted by Crippen LogP contribution is 2.46. The number of sulfonamides is 2. The molecule has 1 heterocycles. The van der Waals surface area contributed by atoms with Crippen LogP contribution >= 0.6 is 0 Å². The van der Waals surface area contributed by atoms with Gasteiger partial charge in [0.2, 0.25) is 5.83 Å². The third-order valence-electron chi connectivity index (χ3n) is 4.27. The normalized spacial score (nSPS) is 24.3. The largest absolute Gasteiger partial charge is 0.517 e. The van der Waals surface area contributed by atoms with E-state index in [4.69, 9.17) is 0 Å². The highest BCUT2D eigenvalue weighted by Gasteiger charge is 2.67. The van der Waals surface area contributed by atoms with Crippen LogP contribution in [0.4, 0.5) is 52.8 Å². The number of quaternary nitrogens is 1. The van der Waals surface area contributed by atoms with Gasteiger partial charge in [0.05, 0.1) is 7.05 Å². The maximum Gasteiger partial charge on any atom is 0.517 e. The molecule has 0 saturated carbocycles. The Labute approximate surface area is 189 Å². The van der Waals surface area contributed by atoms with Crippen LogP contribution in [-0.4, -0.2) is 72.9 Å². The van der Waals surface area contributed by atoms with Crippen LogP contribution in [0.5, 0.6) is 0 Å². The average molecular weight is 586 g/mol. The Balaban J connectivity index is 0.000000712. The quantitative estimate of drug-likeness (QED) is 0.282. The molecule has 0 N–H and O–H groups in total. The number of carbonyl (C=O) groups is 1. The fraction of sp³-hybridized carbons (Fsp3) is 0.769.